The SMILES string of the molecule is CC(c1ccco1)N(C)C(=O)c1ccc(NC(=O)C2CC2)cc1. The number of nitrogens with one attached hydrogen (secondary N) is 1. The monoisotopic (exact) mass is 312 g/mol. The largest absolute Gasteiger partial charge is 0.467 e. The molecule has 1 N–H and O–H groups in total. The zero-order valence-electron chi connectivity index (χ0n) is 13.3. The minimum atomic E-state index is -0.147. The molecule has 1 aromatic carbocycles. The third-order valence-electron chi connectivity index (χ3n) is 4.20. The summed E-state index contributed by atoms with van der Waals surface area (Å²) in [6.45, 7) is 1.92. The van der Waals surface area contributed by atoms with Crippen molar-refractivity contribution in [3.63, 3.8) is 0 Å². The lowest BCUT2D eigenvalue weighted by atomic mass is 10.1. The zero-order valence-corrected chi connectivity index (χ0v) is 13.3. The molecule has 5 nitrogen and oxygen atoms in total. The summed E-state index contributed by atoms with van der Waals surface area (Å²) < 4.78 is 5.35. The number of carbonyl (C=O) groups is 2. The average molecular weight is 312 g/mol. The molecule has 0 bridgehead atoms. The maximum absolute atomic E-state index is 12.5. The fraction of sp³-hybridized carbons (Fsp3) is 0.333. The molecule has 1 atom stereocenters. The Morgan fingerprint density at radius 2 is 1.91 bits per heavy atom. The van der Waals surface area contributed by atoms with Crippen molar-refractivity contribution in [2.24, 2.45) is 5.92 Å². The molecule has 1 aromatic heterocycles. The number of hydrogen-bond donors (Lipinski definition) is 1. The molecule has 5 heteroatoms. The van der Waals surface area contributed by atoms with Gasteiger partial charge in [0.15, 0.2) is 0 Å². The van der Waals surface area contributed by atoms with Gasteiger partial charge in [-0.3, -0.25) is 9.59 Å². The first-order valence-electron chi connectivity index (χ1n) is 7.78. The molecule has 3 rings (SSSR count). The van der Waals surface area contributed by atoms with E-state index in [0.717, 1.165) is 24.3 Å². The molecule has 0 aliphatic heterocycles. The van der Waals surface area contributed by atoms with Crippen molar-refractivity contribution >= 4 is 17.5 Å². The van der Waals surface area contributed by atoms with Crippen LogP contribution < -0.4 is 5.32 Å². The molecule has 23 heavy (non-hydrogen) atoms. The summed E-state index contributed by atoms with van der Waals surface area (Å²) in [5.74, 6) is 0.882. The Kier molecular flexibility index (Phi) is 4.19. The van der Waals surface area contributed by atoms with Gasteiger partial charge < -0.3 is 14.6 Å². The van der Waals surface area contributed by atoms with Gasteiger partial charge >= 0.3 is 0 Å². The van der Waals surface area contributed by atoms with Crippen molar-refractivity contribution in [2.75, 3.05) is 12.4 Å². The first kappa shape index (κ1) is 15.3. The molecule has 2 aromatic rings. The van der Waals surface area contributed by atoms with Gasteiger partial charge in [0, 0.05) is 24.2 Å². The second kappa shape index (κ2) is 6.28. The van der Waals surface area contributed by atoms with E-state index in [1.54, 1.807) is 42.5 Å². The third kappa shape index (κ3) is 3.44. The Bertz CT molecular complexity index is 688. The highest BCUT2D eigenvalue weighted by Crippen LogP contribution is 2.30. The molecular formula is C18H20N2O3. The Morgan fingerprint density at radius 1 is 1.22 bits per heavy atom. The van der Waals surface area contributed by atoms with E-state index in [9.17, 15) is 9.59 Å². The van der Waals surface area contributed by atoms with Gasteiger partial charge in [-0.25, -0.2) is 0 Å². The van der Waals surface area contributed by atoms with Crippen LogP contribution in [0.1, 0.15) is 41.9 Å². The number of amides is 2. The van der Waals surface area contributed by atoms with Crippen LogP contribution in [0.15, 0.2) is 47.1 Å². The van der Waals surface area contributed by atoms with Crippen molar-refractivity contribution in [1.82, 2.24) is 4.90 Å². The quantitative estimate of drug-likeness (QED) is 0.919. The number of hydrogen-bond acceptors (Lipinski definition) is 3. The Hall–Kier alpha value is -2.56. The van der Waals surface area contributed by atoms with Gasteiger partial charge in [-0.15, -0.1) is 0 Å². The topological polar surface area (TPSA) is 62.6 Å². The van der Waals surface area contributed by atoms with E-state index in [-0.39, 0.29) is 23.8 Å². The van der Waals surface area contributed by atoms with E-state index >= 15 is 0 Å². The van der Waals surface area contributed by atoms with E-state index in [1.807, 2.05) is 19.1 Å². The normalized spacial score (nSPS) is 15.0. The number of nitrogens with zero attached hydrogens (tertiary/aromatic N) is 1. The molecule has 1 fully saturated rings. The maximum Gasteiger partial charge on any atom is 0.254 e. The highest BCUT2D eigenvalue weighted by molar-refractivity contribution is 5.96. The van der Waals surface area contributed by atoms with Crippen LogP contribution in [-0.2, 0) is 4.79 Å². The van der Waals surface area contributed by atoms with Crippen LogP contribution in [0.3, 0.4) is 0 Å². The van der Waals surface area contributed by atoms with E-state index in [1.165, 1.54) is 0 Å². The predicted molar refractivity (Wildman–Crippen MR) is 87.0 cm³/mol. The van der Waals surface area contributed by atoms with Crippen LogP contribution in [0.25, 0.3) is 0 Å². The smallest absolute Gasteiger partial charge is 0.254 e. The molecule has 1 heterocycles. The first-order valence-corrected chi connectivity index (χ1v) is 7.78. The Morgan fingerprint density at radius 3 is 2.48 bits per heavy atom. The van der Waals surface area contributed by atoms with Crippen molar-refractivity contribution in [3.8, 4) is 0 Å². The number of furan rings is 1. The third-order valence-corrected chi connectivity index (χ3v) is 4.20. The Balaban J connectivity index is 1.65. The van der Waals surface area contributed by atoms with E-state index in [0.29, 0.717) is 5.56 Å². The van der Waals surface area contributed by atoms with Gasteiger partial charge in [0.1, 0.15) is 5.76 Å². The summed E-state index contributed by atoms with van der Waals surface area (Å²) in [5, 5.41) is 2.87. The molecule has 0 radical (unpaired) electrons. The maximum atomic E-state index is 12.5. The summed E-state index contributed by atoms with van der Waals surface area (Å²) >= 11 is 0. The van der Waals surface area contributed by atoms with E-state index in [4.69, 9.17) is 4.42 Å². The van der Waals surface area contributed by atoms with Crippen LogP contribution in [0.2, 0.25) is 0 Å². The lowest BCUT2D eigenvalue weighted by molar-refractivity contribution is -0.117. The van der Waals surface area contributed by atoms with Gasteiger partial charge in [0.05, 0.1) is 12.3 Å². The van der Waals surface area contributed by atoms with Crippen LogP contribution in [0.5, 0.6) is 0 Å². The number of anilines is 1. The number of carbonyl (C=O) groups excluding carboxylic acids is 2. The number of benzene rings is 1. The molecule has 1 aliphatic carbocycles. The van der Waals surface area contributed by atoms with Gasteiger partial charge in [0.25, 0.3) is 5.91 Å². The zero-order chi connectivity index (χ0) is 16.4. The molecule has 0 spiro atoms. The lowest BCUT2D eigenvalue weighted by Crippen LogP contribution is -2.29. The first-order chi connectivity index (χ1) is 11.1. The molecular weight excluding hydrogens is 292 g/mol. The standard InChI is InChI=1S/C18H20N2O3/c1-12(16-4-3-11-23-16)20(2)18(22)14-7-9-15(10-8-14)19-17(21)13-5-6-13/h3-4,7-13H,5-6H2,1-2H3,(H,19,21). The summed E-state index contributed by atoms with van der Waals surface area (Å²) in [6.07, 6.45) is 3.54. The molecule has 1 aliphatic rings. The van der Waals surface area contributed by atoms with Gasteiger partial charge in [-0.05, 0) is 56.2 Å². The molecule has 2 amide bonds. The van der Waals surface area contributed by atoms with Crippen molar-refractivity contribution in [3.05, 3.63) is 54.0 Å². The summed E-state index contributed by atoms with van der Waals surface area (Å²) in [6, 6.07) is 10.5. The Labute approximate surface area is 135 Å². The van der Waals surface area contributed by atoms with Gasteiger partial charge in [-0.1, -0.05) is 0 Å². The minimum absolute atomic E-state index is 0.0626. The van der Waals surface area contributed by atoms with E-state index < -0.39 is 0 Å². The summed E-state index contributed by atoms with van der Waals surface area (Å²) in [5.41, 5.74) is 1.30. The fourth-order valence-corrected chi connectivity index (χ4v) is 2.39. The average Bonchev–Trinajstić information content (AvgIpc) is 3.28. The summed E-state index contributed by atoms with van der Waals surface area (Å²) in [4.78, 5) is 25.9. The van der Waals surface area contributed by atoms with E-state index in [2.05, 4.69) is 5.32 Å². The van der Waals surface area contributed by atoms with Crippen LogP contribution in [-0.4, -0.2) is 23.8 Å². The highest BCUT2D eigenvalue weighted by atomic mass is 16.3. The van der Waals surface area contributed by atoms with Gasteiger partial charge in [0.2, 0.25) is 5.91 Å². The van der Waals surface area contributed by atoms with Crippen LogP contribution in [0.4, 0.5) is 5.69 Å². The fourth-order valence-electron chi connectivity index (χ4n) is 2.39. The van der Waals surface area contributed by atoms with Gasteiger partial charge in [-0.2, -0.15) is 0 Å². The molecule has 1 unspecified atom stereocenters. The molecule has 120 valence electrons. The highest BCUT2D eigenvalue weighted by Gasteiger charge is 2.29. The molecule has 0 saturated heterocycles. The molecule has 1 saturated carbocycles. The minimum Gasteiger partial charge on any atom is -0.467 e. The second-order valence-electron chi connectivity index (χ2n) is 5.95. The predicted octanol–water partition coefficient (Wildman–Crippen LogP) is 3.46. The van der Waals surface area contributed by atoms with Crippen molar-refractivity contribution in [2.45, 2.75) is 25.8 Å². The second-order valence-corrected chi connectivity index (χ2v) is 5.95. The van der Waals surface area contributed by atoms with Crippen molar-refractivity contribution in [1.29, 1.82) is 0 Å². The summed E-state index contributed by atoms with van der Waals surface area (Å²) in [7, 11) is 1.75. The number of rotatable bonds is 5. The van der Waals surface area contributed by atoms with Crippen LogP contribution in [0, 0.1) is 5.92 Å². The van der Waals surface area contributed by atoms with Crippen molar-refractivity contribution < 1.29 is 14.0 Å². The van der Waals surface area contributed by atoms with Crippen LogP contribution >= 0.6 is 0 Å². The lowest BCUT2D eigenvalue weighted by Gasteiger charge is -2.23.